The van der Waals surface area contributed by atoms with Gasteiger partial charge in [-0.3, -0.25) is 14.9 Å². The molecule has 1 N–H and O–H groups in total. The maximum absolute atomic E-state index is 11.9. The van der Waals surface area contributed by atoms with Crippen LogP contribution in [0.2, 0.25) is 0 Å². The van der Waals surface area contributed by atoms with Gasteiger partial charge in [-0.25, -0.2) is 0 Å². The van der Waals surface area contributed by atoms with Crippen LogP contribution in [0.3, 0.4) is 0 Å². The maximum atomic E-state index is 11.9. The summed E-state index contributed by atoms with van der Waals surface area (Å²) in [7, 11) is 1.46. The van der Waals surface area contributed by atoms with Gasteiger partial charge in [0.05, 0.1) is 17.7 Å². The van der Waals surface area contributed by atoms with Gasteiger partial charge in [0, 0.05) is 18.6 Å². The van der Waals surface area contributed by atoms with E-state index >= 15 is 0 Å². The van der Waals surface area contributed by atoms with Crippen molar-refractivity contribution in [2.24, 2.45) is 0 Å². The average Bonchev–Trinajstić information content (AvgIpc) is 2.46. The van der Waals surface area contributed by atoms with Crippen LogP contribution in [-0.2, 0) is 4.79 Å². The van der Waals surface area contributed by atoms with Crippen molar-refractivity contribution in [3.8, 4) is 5.75 Å². The number of unbranched alkanes of at least 4 members (excludes halogenated alkanes) is 4. The van der Waals surface area contributed by atoms with Crippen LogP contribution in [0.5, 0.6) is 5.75 Å². The van der Waals surface area contributed by atoms with Crippen LogP contribution in [0.25, 0.3) is 0 Å². The number of hydrogen-bond donors (Lipinski definition) is 1. The molecular weight excluding hydrogens is 272 g/mol. The van der Waals surface area contributed by atoms with E-state index in [4.69, 9.17) is 4.74 Å². The van der Waals surface area contributed by atoms with E-state index in [0.717, 1.165) is 25.7 Å². The van der Waals surface area contributed by atoms with E-state index in [1.807, 2.05) is 0 Å². The zero-order chi connectivity index (χ0) is 15.7. The number of carbonyl (C=O) groups excluding carboxylic acids is 1. The average molecular weight is 294 g/mol. The molecule has 0 bridgehead atoms. The van der Waals surface area contributed by atoms with Crippen molar-refractivity contribution in [1.82, 2.24) is 0 Å². The first-order chi connectivity index (χ1) is 10.1. The zero-order valence-electron chi connectivity index (χ0n) is 12.6. The Morgan fingerprint density at radius 3 is 2.62 bits per heavy atom. The monoisotopic (exact) mass is 294 g/mol. The summed E-state index contributed by atoms with van der Waals surface area (Å²) in [5.74, 6) is 0.269. The normalized spacial score (nSPS) is 10.2. The molecule has 1 amide bonds. The molecule has 0 aliphatic rings. The van der Waals surface area contributed by atoms with Gasteiger partial charge >= 0.3 is 0 Å². The number of non-ortho nitro benzene ring substituents is 1. The number of amides is 1. The highest BCUT2D eigenvalue weighted by atomic mass is 16.6. The molecule has 1 rings (SSSR count). The third-order valence-corrected chi connectivity index (χ3v) is 3.18. The van der Waals surface area contributed by atoms with Gasteiger partial charge in [0.1, 0.15) is 5.75 Å². The number of rotatable bonds is 9. The fraction of sp³-hybridized carbons (Fsp3) is 0.533. The highest BCUT2D eigenvalue weighted by Crippen LogP contribution is 2.29. The Balaban J connectivity index is 2.57. The lowest BCUT2D eigenvalue weighted by molar-refractivity contribution is -0.384. The third kappa shape index (κ3) is 5.81. The summed E-state index contributed by atoms with van der Waals surface area (Å²) in [5.41, 5.74) is 0.263. The van der Waals surface area contributed by atoms with E-state index in [-0.39, 0.29) is 11.6 Å². The second kappa shape index (κ2) is 8.94. The van der Waals surface area contributed by atoms with Crippen LogP contribution in [-0.4, -0.2) is 17.9 Å². The first-order valence-corrected chi connectivity index (χ1v) is 7.20. The molecule has 0 unspecified atom stereocenters. The molecule has 0 heterocycles. The summed E-state index contributed by atoms with van der Waals surface area (Å²) in [4.78, 5) is 22.1. The minimum absolute atomic E-state index is 0.0750. The molecule has 6 heteroatoms. The molecule has 0 saturated heterocycles. The molecule has 21 heavy (non-hydrogen) atoms. The number of methoxy groups -OCH3 is 1. The van der Waals surface area contributed by atoms with E-state index in [0.29, 0.717) is 17.9 Å². The van der Waals surface area contributed by atoms with E-state index < -0.39 is 4.92 Å². The third-order valence-electron chi connectivity index (χ3n) is 3.18. The number of nitro benzene ring substituents is 1. The quantitative estimate of drug-likeness (QED) is 0.425. The Hall–Kier alpha value is -2.11. The SMILES string of the molecule is CCCCCCCC(=O)Nc1cc([N+](=O)[O-])ccc1OC. The molecular formula is C15H22N2O4. The summed E-state index contributed by atoms with van der Waals surface area (Å²) >= 11 is 0. The van der Waals surface area contributed by atoms with Gasteiger partial charge in [-0.15, -0.1) is 0 Å². The Bertz CT molecular complexity index is 489. The van der Waals surface area contributed by atoms with Crippen molar-refractivity contribution in [3.05, 3.63) is 28.3 Å². The molecule has 0 aromatic heterocycles. The Morgan fingerprint density at radius 1 is 1.29 bits per heavy atom. The molecule has 0 saturated carbocycles. The summed E-state index contributed by atoms with van der Waals surface area (Å²) in [5, 5.41) is 13.4. The maximum Gasteiger partial charge on any atom is 0.271 e. The van der Waals surface area contributed by atoms with Gasteiger partial charge in [-0.1, -0.05) is 32.6 Å². The zero-order valence-corrected chi connectivity index (χ0v) is 12.6. The predicted molar refractivity (Wildman–Crippen MR) is 81.7 cm³/mol. The van der Waals surface area contributed by atoms with Gasteiger partial charge < -0.3 is 10.1 Å². The smallest absolute Gasteiger partial charge is 0.271 e. The fourth-order valence-corrected chi connectivity index (χ4v) is 2.01. The highest BCUT2D eigenvalue weighted by molar-refractivity contribution is 5.92. The van der Waals surface area contributed by atoms with E-state index in [2.05, 4.69) is 12.2 Å². The van der Waals surface area contributed by atoms with Crippen molar-refractivity contribution < 1.29 is 14.5 Å². The van der Waals surface area contributed by atoms with Gasteiger partial charge in [-0.2, -0.15) is 0 Å². The molecule has 1 aromatic carbocycles. The number of nitrogens with zero attached hydrogens (tertiary/aromatic N) is 1. The second-order valence-corrected chi connectivity index (χ2v) is 4.85. The van der Waals surface area contributed by atoms with Crippen LogP contribution in [0.4, 0.5) is 11.4 Å². The molecule has 0 atom stereocenters. The number of nitrogens with one attached hydrogen (secondary N) is 1. The van der Waals surface area contributed by atoms with Crippen LogP contribution in [0.15, 0.2) is 18.2 Å². The summed E-state index contributed by atoms with van der Waals surface area (Å²) in [6.45, 7) is 2.14. The van der Waals surface area contributed by atoms with Crippen molar-refractivity contribution in [2.75, 3.05) is 12.4 Å². The highest BCUT2D eigenvalue weighted by Gasteiger charge is 2.13. The van der Waals surface area contributed by atoms with Crippen LogP contribution in [0, 0.1) is 10.1 Å². The van der Waals surface area contributed by atoms with Gasteiger partial charge in [0.2, 0.25) is 5.91 Å². The van der Waals surface area contributed by atoms with Gasteiger partial charge in [-0.05, 0) is 12.5 Å². The first kappa shape index (κ1) is 16.9. The number of ether oxygens (including phenoxy) is 1. The molecule has 6 nitrogen and oxygen atoms in total. The predicted octanol–water partition coefficient (Wildman–Crippen LogP) is 3.90. The minimum atomic E-state index is -0.500. The lowest BCUT2D eigenvalue weighted by Crippen LogP contribution is -2.12. The standard InChI is InChI=1S/C15H22N2O4/c1-3-4-5-6-7-8-15(18)16-13-11-12(17(19)20)9-10-14(13)21-2/h9-11H,3-8H2,1-2H3,(H,16,18). The topological polar surface area (TPSA) is 81.5 Å². The van der Waals surface area contributed by atoms with E-state index in [9.17, 15) is 14.9 Å². The first-order valence-electron chi connectivity index (χ1n) is 7.20. The summed E-state index contributed by atoms with van der Waals surface area (Å²) < 4.78 is 5.10. The Kier molecular flexibility index (Phi) is 7.21. The van der Waals surface area contributed by atoms with Gasteiger partial charge in [0.15, 0.2) is 0 Å². The van der Waals surface area contributed by atoms with Crippen LogP contribution in [0.1, 0.15) is 45.4 Å². The molecule has 0 fully saturated rings. The van der Waals surface area contributed by atoms with E-state index in [1.165, 1.54) is 31.7 Å². The number of hydrogen-bond acceptors (Lipinski definition) is 4. The molecule has 116 valence electrons. The summed E-state index contributed by atoms with van der Waals surface area (Å²) in [6.07, 6.45) is 5.73. The fourth-order valence-electron chi connectivity index (χ4n) is 2.01. The number of anilines is 1. The number of nitro groups is 1. The number of carbonyl (C=O) groups is 1. The van der Waals surface area contributed by atoms with Crippen LogP contribution < -0.4 is 10.1 Å². The van der Waals surface area contributed by atoms with E-state index in [1.54, 1.807) is 0 Å². The minimum Gasteiger partial charge on any atom is -0.495 e. The number of benzene rings is 1. The molecule has 1 aromatic rings. The van der Waals surface area contributed by atoms with Crippen molar-refractivity contribution in [2.45, 2.75) is 45.4 Å². The van der Waals surface area contributed by atoms with Crippen molar-refractivity contribution >= 4 is 17.3 Å². The Morgan fingerprint density at radius 2 is 2.00 bits per heavy atom. The largest absolute Gasteiger partial charge is 0.495 e. The van der Waals surface area contributed by atoms with Crippen LogP contribution >= 0.6 is 0 Å². The second-order valence-electron chi connectivity index (χ2n) is 4.85. The molecule has 0 spiro atoms. The molecule has 0 aliphatic carbocycles. The molecule has 0 radical (unpaired) electrons. The van der Waals surface area contributed by atoms with Gasteiger partial charge in [0.25, 0.3) is 5.69 Å². The van der Waals surface area contributed by atoms with Crippen molar-refractivity contribution in [1.29, 1.82) is 0 Å². The Labute approximate surface area is 124 Å². The van der Waals surface area contributed by atoms with Crippen molar-refractivity contribution in [3.63, 3.8) is 0 Å². The lowest BCUT2D eigenvalue weighted by atomic mass is 10.1. The lowest BCUT2D eigenvalue weighted by Gasteiger charge is -2.10. The molecule has 0 aliphatic heterocycles. The summed E-state index contributed by atoms with van der Waals surface area (Å²) in [6, 6.07) is 4.14.